The Hall–Kier alpha value is -7.71. The molecule has 0 aliphatic carbocycles. The summed E-state index contributed by atoms with van der Waals surface area (Å²) in [6.07, 6.45) is 0. The fourth-order valence-electron chi connectivity index (χ4n) is 6.39. The molecular formula is C43H21N7. The molecule has 7 heteroatoms. The van der Waals surface area contributed by atoms with Gasteiger partial charge in [0.2, 0.25) is 0 Å². The molecule has 2 heterocycles. The van der Waals surface area contributed by atoms with Gasteiger partial charge in [-0.25, -0.2) is 24.6 Å². The molecule has 0 unspecified atom stereocenters. The number of nitrogens with zero attached hydrogens (tertiary/aromatic N) is 7. The third-order valence-electron chi connectivity index (χ3n) is 8.69. The van der Waals surface area contributed by atoms with Crippen molar-refractivity contribution in [2.45, 2.75) is 0 Å². The molecule has 0 amide bonds. The molecule has 8 rings (SSSR count). The fraction of sp³-hybridized carbons (Fsp3) is 0. The summed E-state index contributed by atoms with van der Waals surface area (Å²) in [5, 5.41) is 22.0. The molecule has 0 N–H and O–H groups in total. The molecule has 0 saturated heterocycles. The van der Waals surface area contributed by atoms with E-state index < -0.39 is 0 Å². The molecule has 7 nitrogen and oxygen atoms in total. The van der Waals surface area contributed by atoms with Gasteiger partial charge in [-0.05, 0) is 59.2 Å². The maximum Gasteiger partial charge on any atom is 0.189 e. The van der Waals surface area contributed by atoms with Gasteiger partial charge in [-0.2, -0.15) is 10.5 Å². The topological polar surface area (TPSA) is 95.0 Å². The first-order chi connectivity index (χ1) is 24.6. The van der Waals surface area contributed by atoms with Crippen molar-refractivity contribution in [2.24, 2.45) is 0 Å². The Morgan fingerprint density at radius 3 is 1.80 bits per heavy atom. The smallest absolute Gasteiger partial charge is 0.189 e. The maximum absolute atomic E-state index is 9.94. The molecule has 0 aliphatic rings. The summed E-state index contributed by atoms with van der Waals surface area (Å²) in [5.74, 6) is 0. The summed E-state index contributed by atoms with van der Waals surface area (Å²) in [6.45, 7) is 15.2. The second kappa shape index (κ2) is 12.1. The van der Waals surface area contributed by atoms with Crippen molar-refractivity contribution < 1.29 is 0 Å². The number of para-hydroxylation sites is 1. The molecule has 0 saturated carbocycles. The van der Waals surface area contributed by atoms with E-state index in [-0.39, 0.29) is 0 Å². The van der Waals surface area contributed by atoms with Gasteiger partial charge in [-0.3, -0.25) is 0 Å². The van der Waals surface area contributed by atoms with Crippen molar-refractivity contribution in [1.82, 2.24) is 15.0 Å². The van der Waals surface area contributed by atoms with Gasteiger partial charge >= 0.3 is 0 Å². The van der Waals surface area contributed by atoms with Crippen LogP contribution in [0.1, 0.15) is 11.1 Å². The molecule has 0 aliphatic heterocycles. The van der Waals surface area contributed by atoms with Crippen LogP contribution in [0.3, 0.4) is 0 Å². The van der Waals surface area contributed by atoms with E-state index in [9.17, 15) is 10.5 Å². The van der Waals surface area contributed by atoms with Gasteiger partial charge in [0, 0.05) is 32.8 Å². The zero-order chi connectivity index (χ0) is 34.2. The molecule has 50 heavy (non-hydrogen) atoms. The average Bonchev–Trinajstić information content (AvgIpc) is 3.19. The lowest BCUT2D eigenvalue weighted by Crippen LogP contribution is -2.00. The van der Waals surface area contributed by atoms with Crippen LogP contribution in [0.25, 0.3) is 87.3 Å². The van der Waals surface area contributed by atoms with Crippen LogP contribution in [0.15, 0.2) is 127 Å². The third-order valence-corrected chi connectivity index (χ3v) is 8.69. The highest BCUT2D eigenvalue weighted by atomic mass is 14.8. The second-order valence-corrected chi connectivity index (χ2v) is 11.6. The highest BCUT2D eigenvalue weighted by molar-refractivity contribution is 6.25. The Morgan fingerprint density at radius 1 is 0.480 bits per heavy atom. The second-order valence-electron chi connectivity index (χ2n) is 11.6. The van der Waals surface area contributed by atoms with Crippen molar-refractivity contribution in [3.63, 3.8) is 0 Å². The first kappa shape index (κ1) is 29.7. The zero-order valence-corrected chi connectivity index (χ0v) is 26.3. The zero-order valence-electron chi connectivity index (χ0n) is 26.3. The summed E-state index contributed by atoms with van der Waals surface area (Å²) in [6, 6.07) is 43.9. The van der Waals surface area contributed by atoms with Crippen LogP contribution in [0, 0.1) is 35.8 Å². The van der Waals surface area contributed by atoms with E-state index in [2.05, 4.69) is 21.8 Å². The van der Waals surface area contributed by atoms with Crippen LogP contribution >= 0.6 is 0 Å². The van der Waals surface area contributed by atoms with Crippen molar-refractivity contribution >= 4 is 44.1 Å². The Bertz CT molecular complexity index is 2800. The highest BCUT2D eigenvalue weighted by Gasteiger charge is 2.22. The highest BCUT2D eigenvalue weighted by Crippen LogP contribution is 2.44. The van der Waals surface area contributed by atoms with E-state index >= 15 is 0 Å². The summed E-state index contributed by atoms with van der Waals surface area (Å²) < 4.78 is 0. The van der Waals surface area contributed by atoms with Gasteiger partial charge in [-0.1, -0.05) is 84.9 Å². The summed E-state index contributed by atoms with van der Waals surface area (Å²) in [7, 11) is 0. The molecule has 0 fully saturated rings. The lowest BCUT2D eigenvalue weighted by Gasteiger charge is -2.18. The molecule has 6 aromatic carbocycles. The largest absolute Gasteiger partial charge is 0.247 e. The van der Waals surface area contributed by atoms with Crippen LogP contribution in [-0.4, -0.2) is 15.0 Å². The van der Waals surface area contributed by atoms with Crippen LogP contribution in [-0.2, 0) is 0 Å². The van der Waals surface area contributed by atoms with Gasteiger partial charge in [0.15, 0.2) is 11.4 Å². The monoisotopic (exact) mass is 635 g/mol. The molecular weight excluding hydrogens is 615 g/mol. The SMILES string of the molecule is [C-]#[N+]c1ccc(-c2nc3cc(-c4cc(C#N)cc([N+]#[C-])c4)c4c(-c5ccccc5)nc5ccccc5c4c3nc2-c2ccc(C#N)cc2)cc1. The number of hydrogen-bond acceptors (Lipinski definition) is 5. The van der Waals surface area contributed by atoms with Crippen LogP contribution in [0.2, 0.25) is 0 Å². The van der Waals surface area contributed by atoms with Crippen LogP contribution < -0.4 is 0 Å². The Balaban J connectivity index is 1.59. The number of fused-ring (bicyclic) bond motifs is 5. The number of pyridine rings is 1. The summed E-state index contributed by atoms with van der Waals surface area (Å²) in [4.78, 5) is 23.1. The Morgan fingerprint density at radius 2 is 1.10 bits per heavy atom. The number of benzene rings is 6. The first-order valence-electron chi connectivity index (χ1n) is 15.6. The Kier molecular flexibility index (Phi) is 7.21. The number of rotatable bonds is 4. The maximum atomic E-state index is 9.94. The standard InChI is InChI=1S/C43H21N7/c1-46-32-18-16-30(17-19-32)41-42(29-14-12-26(24-44)13-15-29)50-43-37(49-41)23-35(31-20-27(25-45)21-33(22-31)47-2)39-38(43)34-10-6-7-11-36(34)48-40(39)28-8-4-3-5-9-28/h3-23H. The average molecular weight is 636 g/mol. The summed E-state index contributed by atoms with van der Waals surface area (Å²) in [5.41, 5.74) is 9.70. The van der Waals surface area contributed by atoms with Gasteiger partial charge in [0.05, 0.1) is 64.5 Å². The van der Waals surface area contributed by atoms with Crippen molar-refractivity contribution in [2.75, 3.05) is 0 Å². The minimum absolute atomic E-state index is 0.352. The summed E-state index contributed by atoms with van der Waals surface area (Å²) >= 11 is 0. The molecule has 228 valence electrons. The normalized spacial score (nSPS) is 10.7. The number of hydrogen-bond donors (Lipinski definition) is 0. The van der Waals surface area contributed by atoms with Crippen LogP contribution in [0.5, 0.6) is 0 Å². The van der Waals surface area contributed by atoms with E-state index in [1.807, 2.05) is 84.9 Å². The predicted molar refractivity (Wildman–Crippen MR) is 196 cm³/mol. The fourth-order valence-corrected chi connectivity index (χ4v) is 6.39. The molecule has 0 radical (unpaired) electrons. The molecule has 0 spiro atoms. The van der Waals surface area contributed by atoms with Gasteiger partial charge < -0.3 is 0 Å². The first-order valence-corrected chi connectivity index (χ1v) is 15.6. The minimum atomic E-state index is 0.352. The van der Waals surface area contributed by atoms with Gasteiger partial charge in [0.25, 0.3) is 0 Å². The van der Waals surface area contributed by atoms with Crippen molar-refractivity contribution in [3.05, 3.63) is 161 Å². The van der Waals surface area contributed by atoms with Crippen molar-refractivity contribution in [1.29, 1.82) is 10.5 Å². The quantitative estimate of drug-likeness (QED) is 0.142. The number of aromatic nitrogens is 3. The number of nitriles is 2. The third kappa shape index (κ3) is 5.02. The Labute approximate surface area is 287 Å². The van der Waals surface area contributed by atoms with E-state index in [1.165, 1.54) is 0 Å². The van der Waals surface area contributed by atoms with Crippen molar-refractivity contribution in [3.8, 4) is 57.0 Å². The van der Waals surface area contributed by atoms with E-state index in [0.717, 1.165) is 49.6 Å². The van der Waals surface area contributed by atoms with Gasteiger partial charge in [-0.15, -0.1) is 0 Å². The van der Waals surface area contributed by atoms with E-state index in [0.29, 0.717) is 50.5 Å². The molecule has 0 atom stereocenters. The molecule has 2 aromatic heterocycles. The lowest BCUT2D eigenvalue weighted by atomic mass is 9.90. The van der Waals surface area contributed by atoms with Gasteiger partial charge in [0.1, 0.15) is 0 Å². The minimum Gasteiger partial charge on any atom is -0.247 e. The van der Waals surface area contributed by atoms with E-state index in [1.54, 1.807) is 42.5 Å². The molecule has 8 aromatic rings. The molecule has 0 bridgehead atoms. The predicted octanol–water partition coefficient (Wildman–Crippen LogP) is 10.8. The van der Waals surface area contributed by atoms with Crippen LogP contribution in [0.4, 0.5) is 11.4 Å². The van der Waals surface area contributed by atoms with E-state index in [4.69, 9.17) is 28.1 Å². The lowest BCUT2D eigenvalue weighted by molar-refractivity contribution is 1.30.